The first-order valence-electron chi connectivity index (χ1n) is 7.30. The van der Waals surface area contributed by atoms with Crippen molar-refractivity contribution < 1.29 is 10.2 Å². The number of hydrogen-bond acceptors (Lipinski definition) is 4. The van der Waals surface area contributed by atoms with Crippen LogP contribution in [0.15, 0.2) is 36.7 Å². The van der Waals surface area contributed by atoms with Gasteiger partial charge in [-0.1, -0.05) is 18.2 Å². The summed E-state index contributed by atoms with van der Waals surface area (Å²) < 4.78 is 1.88. The lowest BCUT2D eigenvalue weighted by atomic mass is 10.2. The molecule has 1 fully saturated rings. The van der Waals surface area contributed by atoms with E-state index in [4.69, 9.17) is 0 Å². The van der Waals surface area contributed by atoms with E-state index in [1.165, 1.54) is 5.56 Å². The first kappa shape index (κ1) is 14.3. The molecule has 1 aliphatic rings. The van der Waals surface area contributed by atoms with Gasteiger partial charge in [0.25, 0.3) is 0 Å². The molecular weight excluding hydrogens is 266 g/mol. The van der Waals surface area contributed by atoms with Crippen molar-refractivity contribution in [3.05, 3.63) is 47.8 Å². The minimum Gasteiger partial charge on any atom is -0.395 e. The number of nitrogens with zero attached hydrogens (tertiary/aromatic N) is 3. The molecule has 0 unspecified atom stereocenters. The van der Waals surface area contributed by atoms with Crippen LogP contribution >= 0.6 is 0 Å². The first-order valence-corrected chi connectivity index (χ1v) is 7.30. The number of benzene rings is 1. The van der Waals surface area contributed by atoms with Gasteiger partial charge in [-0.15, -0.1) is 0 Å². The molecule has 2 N–H and O–H groups in total. The third kappa shape index (κ3) is 3.00. The van der Waals surface area contributed by atoms with Gasteiger partial charge in [-0.3, -0.25) is 4.90 Å². The van der Waals surface area contributed by atoms with Crippen molar-refractivity contribution >= 4 is 0 Å². The van der Waals surface area contributed by atoms with Gasteiger partial charge < -0.3 is 10.2 Å². The normalized spacial score (nSPS) is 22.8. The summed E-state index contributed by atoms with van der Waals surface area (Å²) in [7, 11) is 0. The minimum absolute atomic E-state index is 0.0433. The highest BCUT2D eigenvalue weighted by Crippen LogP contribution is 2.21. The Labute approximate surface area is 124 Å². The second-order valence-corrected chi connectivity index (χ2v) is 5.74. The molecule has 2 atom stereocenters. The van der Waals surface area contributed by atoms with Crippen molar-refractivity contribution in [3.8, 4) is 5.69 Å². The Morgan fingerprint density at radius 2 is 2.14 bits per heavy atom. The molecule has 0 bridgehead atoms. The maximum Gasteiger partial charge on any atom is 0.0683 e. The highest BCUT2D eigenvalue weighted by molar-refractivity contribution is 5.39. The highest BCUT2D eigenvalue weighted by atomic mass is 16.3. The van der Waals surface area contributed by atoms with Crippen molar-refractivity contribution in [2.75, 3.05) is 13.2 Å². The topological polar surface area (TPSA) is 61.5 Å². The van der Waals surface area contributed by atoms with Gasteiger partial charge in [0, 0.05) is 30.9 Å². The fourth-order valence-corrected chi connectivity index (χ4v) is 2.97. The van der Waals surface area contributed by atoms with Crippen LogP contribution in [0.3, 0.4) is 0 Å². The summed E-state index contributed by atoms with van der Waals surface area (Å²) in [6.07, 6.45) is 4.17. The Hall–Kier alpha value is -1.69. The molecule has 5 heteroatoms. The lowest BCUT2D eigenvalue weighted by Gasteiger charge is -2.21. The highest BCUT2D eigenvalue weighted by Gasteiger charge is 2.30. The maximum atomic E-state index is 9.73. The lowest BCUT2D eigenvalue weighted by molar-refractivity contribution is 0.150. The number of aliphatic hydroxyl groups is 2. The molecule has 1 saturated heterocycles. The van der Waals surface area contributed by atoms with Gasteiger partial charge in [-0.05, 0) is 25.0 Å². The van der Waals surface area contributed by atoms with Crippen molar-refractivity contribution in [3.63, 3.8) is 0 Å². The fourth-order valence-electron chi connectivity index (χ4n) is 2.97. The van der Waals surface area contributed by atoms with Gasteiger partial charge in [0.05, 0.1) is 24.6 Å². The molecule has 5 nitrogen and oxygen atoms in total. The molecule has 0 radical (unpaired) electrons. The van der Waals surface area contributed by atoms with Crippen molar-refractivity contribution in [1.82, 2.24) is 14.7 Å². The zero-order valence-corrected chi connectivity index (χ0v) is 12.2. The Balaban J connectivity index is 1.75. The van der Waals surface area contributed by atoms with Crippen LogP contribution in [0.4, 0.5) is 0 Å². The smallest absolute Gasteiger partial charge is 0.0683 e. The summed E-state index contributed by atoms with van der Waals surface area (Å²) in [5, 5.41) is 23.5. The van der Waals surface area contributed by atoms with Gasteiger partial charge in [0.1, 0.15) is 0 Å². The molecule has 112 valence electrons. The van der Waals surface area contributed by atoms with Crippen LogP contribution in [0.5, 0.6) is 0 Å². The Bertz CT molecular complexity index is 611. The molecule has 21 heavy (non-hydrogen) atoms. The number of rotatable bonds is 4. The second kappa shape index (κ2) is 5.97. The predicted molar refractivity (Wildman–Crippen MR) is 80.2 cm³/mol. The molecular formula is C16H21N3O2. The van der Waals surface area contributed by atoms with Crippen molar-refractivity contribution in [1.29, 1.82) is 0 Å². The monoisotopic (exact) mass is 287 g/mol. The van der Waals surface area contributed by atoms with Crippen LogP contribution in [0.2, 0.25) is 0 Å². The SMILES string of the molecule is Cc1ccccc1-n1cc(CN2C[C@@H](O)C[C@H]2CO)cn1. The van der Waals surface area contributed by atoms with E-state index in [-0.39, 0.29) is 18.8 Å². The second-order valence-electron chi connectivity index (χ2n) is 5.74. The Kier molecular flexibility index (Phi) is 4.05. The maximum absolute atomic E-state index is 9.73. The average molecular weight is 287 g/mol. The van der Waals surface area contributed by atoms with Gasteiger partial charge in [0.2, 0.25) is 0 Å². The van der Waals surface area contributed by atoms with Gasteiger partial charge in [-0.2, -0.15) is 5.10 Å². The Morgan fingerprint density at radius 1 is 1.33 bits per heavy atom. The van der Waals surface area contributed by atoms with E-state index in [9.17, 15) is 10.2 Å². The molecule has 1 aromatic carbocycles. The molecule has 0 aliphatic carbocycles. The Morgan fingerprint density at radius 3 is 2.90 bits per heavy atom. The van der Waals surface area contributed by atoms with Gasteiger partial charge >= 0.3 is 0 Å². The van der Waals surface area contributed by atoms with E-state index in [1.54, 1.807) is 0 Å². The van der Waals surface area contributed by atoms with E-state index in [0.717, 1.165) is 11.3 Å². The molecule has 1 aromatic heterocycles. The van der Waals surface area contributed by atoms with Crippen LogP contribution in [0.25, 0.3) is 5.69 Å². The van der Waals surface area contributed by atoms with E-state index < -0.39 is 0 Å². The summed E-state index contributed by atoms with van der Waals surface area (Å²) in [6, 6.07) is 8.17. The third-order valence-electron chi connectivity index (χ3n) is 4.10. The number of β-amino-alcohol motifs (C(OH)–C–C–N with tert-alkyl or cyclic N) is 1. The molecule has 0 saturated carbocycles. The summed E-state index contributed by atoms with van der Waals surface area (Å²) in [4.78, 5) is 2.11. The van der Waals surface area contributed by atoms with Crippen LogP contribution in [0, 0.1) is 6.92 Å². The van der Waals surface area contributed by atoms with E-state index in [1.807, 2.05) is 35.3 Å². The van der Waals surface area contributed by atoms with Crippen molar-refractivity contribution in [2.45, 2.75) is 32.0 Å². The summed E-state index contributed by atoms with van der Waals surface area (Å²) in [6.45, 7) is 3.47. The minimum atomic E-state index is -0.339. The van der Waals surface area contributed by atoms with Gasteiger partial charge in [-0.25, -0.2) is 4.68 Å². The number of likely N-dealkylation sites (tertiary alicyclic amines) is 1. The summed E-state index contributed by atoms with van der Waals surface area (Å²) in [5.74, 6) is 0. The molecule has 2 heterocycles. The number of aromatic nitrogens is 2. The number of aliphatic hydroxyl groups excluding tert-OH is 2. The zero-order chi connectivity index (χ0) is 14.8. The molecule has 2 aromatic rings. The van der Waals surface area contributed by atoms with E-state index in [2.05, 4.69) is 23.0 Å². The largest absolute Gasteiger partial charge is 0.395 e. The van der Waals surface area contributed by atoms with Crippen LogP contribution < -0.4 is 0 Å². The van der Waals surface area contributed by atoms with Crippen LogP contribution in [-0.4, -0.2) is 50.2 Å². The van der Waals surface area contributed by atoms with E-state index >= 15 is 0 Å². The molecule has 0 spiro atoms. The standard InChI is InChI=1S/C16H21N3O2/c1-12-4-2-3-5-16(12)19-9-13(7-17-19)8-18-10-15(21)6-14(18)11-20/h2-5,7,9,14-15,20-21H,6,8,10-11H2,1H3/t14-,15-/m0/s1. The first-order chi connectivity index (χ1) is 10.2. The van der Waals surface area contributed by atoms with Crippen LogP contribution in [0.1, 0.15) is 17.5 Å². The number of para-hydroxylation sites is 1. The average Bonchev–Trinajstić information content (AvgIpc) is 3.06. The summed E-state index contributed by atoms with van der Waals surface area (Å²) in [5.41, 5.74) is 3.34. The molecule has 0 amide bonds. The van der Waals surface area contributed by atoms with Gasteiger partial charge in [0.15, 0.2) is 0 Å². The molecule has 1 aliphatic heterocycles. The quantitative estimate of drug-likeness (QED) is 0.884. The lowest BCUT2D eigenvalue weighted by Crippen LogP contribution is -2.31. The van der Waals surface area contributed by atoms with E-state index in [0.29, 0.717) is 19.5 Å². The summed E-state index contributed by atoms with van der Waals surface area (Å²) >= 11 is 0. The number of aryl methyl sites for hydroxylation is 1. The fraction of sp³-hybridized carbons (Fsp3) is 0.438. The zero-order valence-electron chi connectivity index (χ0n) is 12.2. The predicted octanol–water partition coefficient (Wildman–Crippen LogP) is 1.11. The number of hydrogen-bond donors (Lipinski definition) is 2. The van der Waals surface area contributed by atoms with Crippen molar-refractivity contribution in [2.24, 2.45) is 0 Å². The third-order valence-corrected chi connectivity index (χ3v) is 4.10. The molecule has 3 rings (SSSR count). The van der Waals surface area contributed by atoms with Crippen LogP contribution in [-0.2, 0) is 6.54 Å².